The Labute approximate surface area is 117 Å². The lowest BCUT2D eigenvalue weighted by Crippen LogP contribution is -2.28. The molecule has 0 radical (unpaired) electrons. The van der Waals surface area contributed by atoms with Crippen molar-refractivity contribution < 1.29 is 9.53 Å². The number of carbonyl (C=O) groups excluding carboxylic acids is 1. The molecule has 3 N–H and O–H groups in total. The van der Waals surface area contributed by atoms with Crippen molar-refractivity contribution in [3.8, 4) is 5.88 Å². The van der Waals surface area contributed by atoms with Gasteiger partial charge in [0.05, 0.1) is 6.61 Å². The Kier molecular flexibility index (Phi) is 4.68. The molecule has 1 amide bonds. The van der Waals surface area contributed by atoms with Crippen molar-refractivity contribution in [3.63, 3.8) is 0 Å². The minimum absolute atomic E-state index is 0.301. The van der Waals surface area contributed by atoms with Crippen molar-refractivity contribution in [2.45, 2.75) is 13.0 Å². The van der Waals surface area contributed by atoms with Gasteiger partial charge in [-0.05, 0) is 24.6 Å². The van der Waals surface area contributed by atoms with Gasteiger partial charge < -0.3 is 15.8 Å². The molecule has 0 aliphatic rings. The van der Waals surface area contributed by atoms with Crippen LogP contribution in [-0.4, -0.2) is 17.5 Å². The van der Waals surface area contributed by atoms with Crippen LogP contribution in [-0.2, 0) is 4.79 Å². The molecule has 1 heterocycles. The maximum absolute atomic E-state index is 12.1. The Morgan fingerprint density at radius 3 is 2.75 bits per heavy atom. The van der Waals surface area contributed by atoms with Crippen LogP contribution in [0.4, 0.5) is 5.69 Å². The first-order chi connectivity index (χ1) is 9.72. The fourth-order valence-corrected chi connectivity index (χ4v) is 1.76. The van der Waals surface area contributed by atoms with Crippen molar-refractivity contribution in [1.82, 2.24) is 4.98 Å². The Morgan fingerprint density at radius 2 is 2.05 bits per heavy atom. The zero-order chi connectivity index (χ0) is 14.4. The molecular weight excluding hydrogens is 254 g/mol. The first-order valence-electron chi connectivity index (χ1n) is 6.41. The summed E-state index contributed by atoms with van der Waals surface area (Å²) in [6.45, 7) is 2.33. The predicted octanol–water partition coefficient (Wildman–Crippen LogP) is 2.12. The van der Waals surface area contributed by atoms with Crippen LogP contribution in [0.3, 0.4) is 0 Å². The summed E-state index contributed by atoms with van der Waals surface area (Å²) in [6, 6.07) is 11.9. The molecule has 0 spiro atoms. The number of hydrogen-bond donors (Lipinski definition) is 2. The van der Waals surface area contributed by atoms with Crippen LogP contribution in [0.25, 0.3) is 0 Å². The van der Waals surface area contributed by atoms with Gasteiger partial charge in [0, 0.05) is 6.20 Å². The molecule has 1 aromatic heterocycles. The molecule has 0 saturated carbocycles. The number of carbonyl (C=O) groups is 1. The molecule has 0 aliphatic carbocycles. The first kappa shape index (κ1) is 14.0. The molecule has 2 rings (SSSR count). The fourth-order valence-electron chi connectivity index (χ4n) is 1.76. The van der Waals surface area contributed by atoms with Gasteiger partial charge in [0.25, 0.3) is 0 Å². The number of amides is 1. The van der Waals surface area contributed by atoms with Gasteiger partial charge in [-0.25, -0.2) is 4.98 Å². The van der Waals surface area contributed by atoms with E-state index in [4.69, 9.17) is 10.5 Å². The summed E-state index contributed by atoms with van der Waals surface area (Å²) in [5.41, 5.74) is 7.21. The highest BCUT2D eigenvalue weighted by Crippen LogP contribution is 2.22. The number of rotatable bonds is 5. The lowest BCUT2D eigenvalue weighted by atomic mass is 10.1. The summed E-state index contributed by atoms with van der Waals surface area (Å²) >= 11 is 0. The van der Waals surface area contributed by atoms with Crippen LogP contribution in [0.1, 0.15) is 18.5 Å². The molecule has 1 unspecified atom stereocenters. The van der Waals surface area contributed by atoms with E-state index in [1.807, 2.05) is 37.3 Å². The molecule has 0 saturated heterocycles. The van der Waals surface area contributed by atoms with Gasteiger partial charge in [-0.15, -0.1) is 0 Å². The minimum atomic E-state index is -0.731. The van der Waals surface area contributed by atoms with E-state index in [0.717, 1.165) is 5.56 Å². The maximum Gasteiger partial charge on any atom is 0.246 e. The number of benzene rings is 1. The third-order valence-electron chi connectivity index (χ3n) is 2.75. The van der Waals surface area contributed by atoms with E-state index in [1.54, 1.807) is 18.3 Å². The number of hydrogen-bond acceptors (Lipinski definition) is 4. The monoisotopic (exact) mass is 271 g/mol. The number of pyridine rings is 1. The number of ether oxygens (including phenoxy) is 1. The van der Waals surface area contributed by atoms with Crippen LogP contribution >= 0.6 is 0 Å². The lowest BCUT2D eigenvalue weighted by molar-refractivity contribution is -0.117. The van der Waals surface area contributed by atoms with Crippen LogP contribution in [0, 0.1) is 0 Å². The van der Waals surface area contributed by atoms with Gasteiger partial charge >= 0.3 is 0 Å². The van der Waals surface area contributed by atoms with E-state index in [1.165, 1.54) is 0 Å². The molecule has 0 aliphatic heterocycles. The maximum atomic E-state index is 12.1. The Bertz CT molecular complexity index is 572. The highest BCUT2D eigenvalue weighted by Gasteiger charge is 2.17. The predicted molar refractivity (Wildman–Crippen MR) is 77.4 cm³/mol. The summed E-state index contributed by atoms with van der Waals surface area (Å²) in [5, 5.41) is 2.74. The Morgan fingerprint density at radius 1 is 1.30 bits per heavy atom. The highest BCUT2D eigenvalue weighted by atomic mass is 16.5. The number of nitrogens with one attached hydrogen (secondary N) is 1. The van der Waals surface area contributed by atoms with Gasteiger partial charge in [-0.2, -0.15) is 0 Å². The highest BCUT2D eigenvalue weighted by molar-refractivity contribution is 5.96. The largest absolute Gasteiger partial charge is 0.476 e. The van der Waals surface area contributed by atoms with E-state index in [9.17, 15) is 4.79 Å². The van der Waals surface area contributed by atoms with E-state index in [-0.39, 0.29) is 5.91 Å². The second-order valence-corrected chi connectivity index (χ2v) is 4.17. The van der Waals surface area contributed by atoms with Gasteiger partial charge in [0.2, 0.25) is 11.8 Å². The number of aromatic nitrogens is 1. The van der Waals surface area contributed by atoms with E-state index >= 15 is 0 Å². The second-order valence-electron chi connectivity index (χ2n) is 4.17. The van der Waals surface area contributed by atoms with E-state index < -0.39 is 6.04 Å². The van der Waals surface area contributed by atoms with Crippen LogP contribution in [0.2, 0.25) is 0 Å². The zero-order valence-corrected chi connectivity index (χ0v) is 11.2. The van der Waals surface area contributed by atoms with Crippen LogP contribution < -0.4 is 15.8 Å². The molecule has 1 aromatic carbocycles. The molecule has 5 heteroatoms. The summed E-state index contributed by atoms with van der Waals surface area (Å²) in [5.74, 6) is 0.0914. The van der Waals surface area contributed by atoms with Crippen molar-refractivity contribution in [3.05, 3.63) is 54.2 Å². The van der Waals surface area contributed by atoms with E-state index in [0.29, 0.717) is 18.2 Å². The summed E-state index contributed by atoms with van der Waals surface area (Å²) in [7, 11) is 0. The first-order valence-corrected chi connectivity index (χ1v) is 6.41. The molecular formula is C15H17N3O2. The molecule has 0 fully saturated rings. The zero-order valence-electron chi connectivity index (χ0n) is 11.2. The normalized spacial score (nSPS) is 11.7. The van der Waals surface area contributed by atoms with Crippen molar-refractivity contribution in [2.75, 3.05) is 11.9 Å². The molecule has 104 valence electrons. The molecule has 20 heavy (non-hydrogen) atoms. The average Bonchev–Trinajstić information content (AvgIpc) is 2.49. The lowest BCUT2D eigenvalue weighted by Gasteiger charge is -2.14. The van der Waals surface area contributed by atoms with Gasteiger partial charge in [-0.3, -0.25) is 4.79 Å². The summed E-state index contributed by atoms with van der Waals surface area (Å²) in [6.07, 6.45) is 1.61. The summed E-state index contributed by atoms with van der Waals surface area (Å²) in [4.78, 5) is 16.2. The van der Waals surface area contributed by atoms with Gasteiger partial charge in [-0.1, -0.05) is 30.3 Å². The molecule has 0 bridgehead atoms. The fraction of sp³-hybridized carbons (Fsp3) is 0.200. The number of anilines is 1. The van der Waals surface area contributed by atoms with Crippen LogP contribution in [0.15, 0.2) is 48.7 Å². The molecule has 5 nitrogen and oxygen atoms in total. The van der Waals surface area contributed by atoms with Crippen LogP contribution in [0.5, 0.6) is 5.88 Å². The minimum Gasteiger partial charge on any atom is -0.476 e. The van der Waals surface area contributed by atoms with E-state index in [2.05, 4.69) is 10.3 Å². The smallest absolute Gasteiger partial charge is 0.246 e. The third kappa shape index (κ3) is 3.33. The van der Waals surface area contributed by atoms with Crippen molar-refractivity contribution in [2.24, 2.45) is 5.73 Å². The topological polar surface area (TPSA) is 77.2 Å². The number of nitrogens with zero attached hydrogens (tertiary/aromatic N) is 1. The van der Waals surface area contributed by atoms with Crippen molar-refractivity contribution >= 4 is 11.6 Å². The molecule has 2 aromatic rings. The quantitative estimate of drug-likeness (QED) is 0.873. The SMILES string of the molecule is CCOc1ncccc1NC(=O)C(N)c1ccccc1. The Hall–Kier alpha value is -2.40. The average molecular weight is 271 g/mol. The van der Waals surface area contributed by atoms with Gasteiger partial charge in [0.1, 0.15) is 11.7 Å². The van der Waals surface area contributed by atoms with Crippen molar-refractivity contribution in [1.29, 1.82) is 0 Å². The number of nitrogens with two attached hydrogens (primary N) is 1. The second kappa shape index (κ2) is 6.68. The Balaban J connectivity index is 2.12. The summed E-state index contributed by atoms with van der Waals surface area (Å²) < 4.78 is 5.36. The standard InChI is InChI=1S/C15H17N3O2/c1-2-20-15-12(9-6-10-17-15)18-14(19)13(16)11-7-4-3-5-8-11/h3-10,13H,2,16H2,1H3,(H,18,19). The van der Waals surface area contributed by atoms with Gasteiger partial charge in [0.15, 0.2) is 0 Å². The third-order valence-corrected chi connectivity index (χ3v) is 2.75. The molecule has 1 atom stereocenters.